The topological polar surface area (TPSA) is 33.3 Å². The zero-order valence-electron chi connectivity index (χ0n) is 14.6. The standard InChI is InChI=1S/C20H29FN2O/c1-2-3-4-5-6-13-22-23-20(11-12-20)17-9-10-18(21)19(14-17)24-15-16-7-8-16/h6,9-10,13-14,16,22-23H,2-5,7-8,11-12,15H2,1H3/b13-6+. The molecule has 0 aromatic heterocycles. The van der Waals surface area contributed by atoms with E-state index >= 15 is 0 Å². The Morgan fingerprint density at radius 1 is 1.29 bits per heavy atom. The molecule has 2 aliphatic carbocycles. The minimum Gasteiger partial charge on any atom is -0.490 e. The summed E-state index contributed by atoms with van der Waals surface area (Å²) in [5.74, 6) is 0.752. The number of hydrogen-bond donors (Lipinski definition) is 2. The molecule has 2 saturated carbocycles. The number of benzene rings is 1. The Bertz CT molecular complexity index is 565. The first-order valence-electron chi connectivity index (χ1n) is 9.34. The third-order valence-corrected chi connectivity index (χ3v) is 4.89. The maximum atomic E-state index is 13.9. The quantitative estimate of drug-likeness (QED) is 0.451. The predicted molar refractivity (Wildman–Crippen MR) is 95.1 cm³/mol. The minimum atomic E-state index is -0.265. The molecule has 4 heteroatoms. The van der Waals surface area contributed by atoms with Gasteiger partial charge in [-0.05, 0) is 62.1 Å². The summed E-state index contributed by atoms with van der Waals surface area (Å²) in [4.78, 5) is 0. The van der Waals surface area contributed by atoms with Crippen LogP contribution >= 0.6 is 0 Å². The molecule has 0 amide bonds. The first kappa shape index (κ1) is 17.3. The van der Waals surface area contributed by atoms with Gasteiger partial charge in [-0.15, -0.1) is 0 Å². The number of nitrogens with one attached hydrogen (secondary N) is 2. The molecule has 1 aromatic carbocycles. The SMILES string of the molecule is CCCCC/C=C/NNC1(c2ccc(F)c(OCC3CC3)c2)CC1. The highest BCUT2D eigenvalue weighted by atomic mass is 19.1. The van der Waals surface area contributed by atoms with Gasteiger partial charge < -0.3 is 10.2 Å². The van der Waals surface area contributed by atoms with Crippen LogP contribution < -0.4 is 15.6 Å². The lowest BCUT2D eigenvalue weighted by Crippen LogP contribution is -2.37. The molecule has 2 aliphatic rings. The summed E-state index contributed by atoms with van der Waals surface area (Å²) in [7, 11) is 0. The van der Waals surface area contributed by atoms with Gasteiger partial charge in [0.2, 0.25) is 0 Å². The second-order valence-corrected chi connectivity index (χ2v) is 7.15. The Labute approximate surface area is 144 Å². The molecule has 2 fully saturated rings. The molecule has 0 spiro atoms. The van der Waals surface area contributed by atoms with Gasteiger partial charge >= 0.3 is 0 Å². The average molecular weight is 332 g/mol. The summed E-state index contributed by atoms with van der Waals surface area (Å²) in [6, 6.07) is 5.26. The van der Waals surface area contributed by atoms with Crippen LogP contribution in [0.1, 0.15) is 63.9 Å². The van der Waals surface area contributed by atoms with E-state index in [9.17, 15) is 4.39 Å². The fourth-order valence-corrected chi connectivity index (χ4v) is 2.85. The molecule has 24 heavy (non-hydrogen) atoms. The van der Waals surface area contributed by atoms with Gasteiger partial charge in [0.05, 0.1) is 12.1 Å². The van der Waals surface area contributed by atoms with E-state index in [-0.39, 0.29) is 11.4 Å². The second-order valence-electron chi connectivity index (χ2n) is 7.15. The Morgan fingerprint density at radius 3 is 2.83 bits per heavy atom. The molecule has 0 radical (unpaired) electrons. The van der Waals surface area contributed by atoms with Crippen molar-refractivity contribution in [3.8, 4) is 5.75 Å². The number of ether oxygens (including phenoxy) is 1. The highest BCUT2D eigenvalue weighted by molar-refractivity contribution is 5.37. The van der Waals surface area contributed by atoms with E-state index in [2.05, 4.69) is 23.9 Å². The number of rotatable bonds is 11. The molecule has 132 valence electrons. The van der Waals surface area contributed by atoms with Crippen molar-refractivity contribution in [2.24, 2.45) is 5.92 Å². The molecule has 0 saturated heterocycles. The van der Waals surface area contributed by atoms with Gasteiger partial charge in [-0.25, -0.2) is 9.82 Å². The van der Waals surface area contributed by atoms with Crippen molar-refractivity contribution in [2.45, 2.75) is 63.8 Å². The number of hydrogen-bond acceptors (Lipinski definition) is 3. The van der Waals surface area contributed by atoms with Crippen LogP contribution in [0.4, 0.5) is 4.39 Å². The van der Waals surface area contributed by atoms with Gasteiger partial charge in [0.25, 0.3) is 0 Å². The molecular formula is C20H29FN2O. The van der Waals surface area contributed by atoms with E-state index in [1.807, 2.05) is 18.3 Å². The lowest BCUT2D eigenvalue weighted by molar-refractivity contribution is 0.284. The van der Waals surface area contributed by atoms with Gasteiger partial charge in [-0.3, -0.25) is 0 Å². The number of halogens is 1. The Kier molecular flexibility index (Phi) is 5.77. The molecule has 1 aromatic rings. The van der Waals surface area contributed by atoms with Crippen LogP contribution in [0, 0.1) is 11.7 Å². The van der Waals surface area contributed by atoms with E-state index in [4.69, 9.17) is 4.74 Å². The monoisotopic (exact) mass is 332 g/mol. The predicted octanol–water partition coefficient (Wildman–Crippen LogP) is 4.79. The van der Waals surface area contributed by atoms with Crippen molar-refractivity contribution < 1.29 is 9.13 Å². The maximum absolute atomic E-state index is 13.9. The van der Waals surface area contributed by atoms with Crippen LogP contribution in [0.15, 0.2) is 30.5 Å². The number of allylic oxidation sites excluding steroid dienone is 1. The summed E-state index contributed by atoms with van der Waals surface area (Å²) < 4.78 is 19.6. The minimum absolute atomic E-state index is 0.0842. The second kappa shape index (κ2) is 8.02. The molecule has 2 N–H and O–H groups in total. The highest BCUT2D eigenvalue weighted by Gasteiger charge is 2.44. The van der Waals surface area contributed by atoms with Crippen molar-refractivity contribution in [1.29, 1.82) is 0 Å². The maximum Gasteiger partial charge on any atom is 0.165 e. The van der Waals surface area contributed by atoms with Crippen LogP contribution in [-0.2, 0) is 5.54 Å². The third-order valence-electron chi connectivity index (χ3n) is 4.89. The van der Waals surface area contributed by atoms with E-state index in [1.54, 1.807) is 0 Å². The Hall–Kier alpha value is -1.55. The van der Waals surface area contributed by atoms with Crippen LogP contribution in [0.5, 0.6) is 5.75 Å². The van der Waals surface area contributed by atoms with Crippen molar-refractivity contribution >= 4 is 0 Å². The molecule has 0 heterocycles. The van der Waals surface area contributed by atoms with E-state index in [0.717, 1.165) is 24.8 Å². The highest BCUT2D eigenvalue weighted by Crippen LogP contribution is 2.46. The third kappa shape index (κ3) is 4.73. The zero-order valence-corrected chi connectivity index (χ0v) is 14.6. The van der Waals surface area contributed by atoms with Crippen molar-refractivity contribution in [3.05, 3.63) is 41.9 Å². The zero-order chi connectivity index (χ0) is 16.8. The number of hydrazine groups is 1. The van der Waals surface area contributed by atoms with Crippen molar-refractivity contribution in [1.82, 2.24) is 10.9 Å². The van der Waals surface area contributed by atoms with Gasteiger partial charge in [0, 0.05) is 6.20 Å². The van der Waals surface area contributed by atoms with Gasteiger partial charge in [-0.1, -0.05) is 31.9 Å². The lowest BCUT2D eigenvalue weighted by atomic mass is 10.1. The fourth-order valence-electron chi connectivity index (χ4n) is 2.85. The molecule has 3 rings (SSSR count). The Morgan fingerprint density at radius 2 is 2.12 bits per heavy atom. The average Bonchev–Trinajstić information content (AvgIpc) is 3.49. The Balaban J connectivity index is 1.51. The smallest absolute Gasteiger partial charge is 0.165 e. The molecule has 3 nitrogen and oxygen atoms in total. The van der Waals surface area contributed by atoms with E-state index < -0.39 is 0 Å². The van der Waals surface area contributed by atoms with E-state index in [0.29, 0.717) is 18.3 Å². The molecule has 0 bridgehead atoms. The summed E-state index contributed by atoms with van der Waals surface area (Å²) in [5, 5.41) is 0. The van der Waals surface area contributed by atoms with Crippen LogP contribution in [0.25, 0.3) is 0 Å². The van der Waals surface area contributed by atoms with Gasteiger partial charge in [0.15, 0.2) is 11.6 Å². The van der Waals surface area contributed by atoms with Crippen LogP contribution in [0.3, 0.4) is 0 Å². The van der Waals surface area contributed by atoms with Crippen molar-refractivity contribution in [2.75, 3.05) is 6.61 Å². The normalized spacial score (nSPS) is 18.8. The van der Waals surface area contributed by atoms with Crippen LogP contribution in [0.2, 0.25) is 0 Å². The number of unbranched alkanes of at least 4 members (excludes halogenated alkanes) is 3. The molecular weight excluding hydrogens is 303 g/mol. The van der Waals surface area contributed by atoms with Crippen LogP contribution in [-0.4, -0.2) is 6.61 Å². The van der Waals surface area contributed by atoms with Crippen molar-refractivity contribution in [3.63, 3.8) is 0 Å². The largest absolute Gasteiger partial charge is 0.490 e. The fraction of sp³-hybridized carbons (Fsp3) is 0.600. The lowest BCUT2D eigenvalue weighted by Gasteiger charge is -2.19. The summed E-state index contributed by atoms with van der Waals surface area (Å²) >= 11 is 0. The van der Waals surface area contributed by atoms with E-state index in [1.165, 1.54) is 38.2 Å². The van der Waals surface area contributed by atoms with Gasteiger partial charge in [-0.2, -0.15) is 0 Å². The summed E-state index contributed by atoms with van der Waals surface area (Å²) in [5.41, 5.74) is 7.59. The molecule has 0 unspecified atom stereocenters. The first-order chi connectivity index (χ1) is 11.7. The first-order valence-corrected chi connectivity index (χ1v) is 9.34. The molecule has 0 aliphatic heterocycles. The van der Waals surface area contributed by atoms with Gasteiger partial charge in [0.1, 0.15) is 0 Å². The summed E-state index contributed by atoms with van der Waals surface area (Å²) in [6.45, 7) is 2.85. The molecule has 0 atom stereocenters. The summed E-state index contributed by atoms with van der Waals surface area (Å²) in [6.07, 6.45) is 13.5.